The zero-order valence-corrected chi connectivity index (χ0v) is 11.1. The van der Waals surface area contributed by atoms with Gasteiger partial charge in [0, 0.05) is 28.7 Å². The molecule has 0 atom stereocenters. The summed E-state index contributed by atoms with van der Waals surface area (Å²) in [4.78, 5) is 24.7. The van der Waals surface area contributed by atoms with Gasteiger partial charge in [0.1, 0.15) is 0 Å². The Hall–Kier alpha value is -1.26. The van der Waals surface area contributed by atoms with Crippen LogP contribution in [-0.4, -0.2) is 29.8 Å². The van der Waals surface area contributed by atoms with Crippen molar-refractivity contribution in [3.63, 3.8) is 0 Å². The van der Waals surface area contributed by atoms with Crippen LogP contribution in [-0.2, 0) is 4.79 Å². The van der Waals surface area contributed by atoms with Gasteiger partial charge in [0.2, 0.25) is 0 Å². The lowest BCUT2D eigenvalue weighted by Crippen LogP contribution is -2.42. The number of amides is 2. The predicted molar refractivity (Wildman–Crippen MR) is 71.3 cm³/mol. The Morgan fingerprint density at radius 2 is 1.89 bits per heavy atom. The fraction of sp³-hybridized carbons (Fsp3) is 0.333. The summed E-state index contributed by atoms with van der Waals surface area (Å²) < 4.78 is 0. The molecule has 1 saturated heterocycles. The van der Waals surface area contributed by atoms with Gasteiger partial charge in [-0.1, -0.05) is 23.2 Å². The van der Waals surface area contributed by atoms with Gasteiger partial charge in [-0.3, -0.25) is 4.79 Å². The molecule has 18 heavy (non-hydrogen) atoms. The summed E-state index contributed by atoms with van der Waals surface area (Å²) >= 11 is 11.7. The van der Waals surface area contributed by atoms with Gasteiger partial charge in [-0.25, -0.2) is 4.79 Å². The van der Waals surface area contributed by atoms with Gasteiger partial charge in [0.15, 0.2) is 5.78 Å². The van der Waals surface area contributed by atoms with Crippen LogP contribution in [0.2, 0.25) is 10.0 Å². The molecule has 1 aromatic carbocycles. The number of hydrogen-bond donors (Lipinski definition) is 1. The molecule has 1 aromatic rings. The molecule has 2 amide bonds. The van der Waals surface area contributed by atoms with Crippen molar-refractivity contribution in [3.05, 3.63) is 28.2 Å². The summed E-state index contributed by atoms with van der Waals surface area (Å²) in [6.07, 6.45) is 1.26. The standard InChI is InChI=1S/C12H12Cl2N2O2/c13-8-4-9(14)6-10(5-8)15-12(18)16-3-1-2-11(17)7-16/h4-6H,1-3,7H2,(H,15,18). The van der Waals surface area contributed by atoms with E-state index in [1.54, 1.807) is 18.2 Å². The number of halogens is 2. The maximum absolute atomic E-state index is 11.9. The van der Waals surface area contributed by atoms with E-state index in [4.69, 9.17) is 23.2 Å². The van der Waals surface area contributed by atoms with E-state index in [0.717, 1.165) is 0 Å². The molecule has 0 bridgehead atoms. The van der Waals surface area contributed by atoms with Gasteiger partial charge in [-0.2, -0.15) is 0 Å². The van der Waals surface area contributed by atoms with E-state index in [2.05, 4.69) is 5.32 Å². The number of carbonyl (C=O) groups excluding carboxylic acids is 2. The summed E-state index contributed by atoms with van der Waals surface area (Å²) in [6.45, 7) is 0.756. The minimum absolute atomic E-state index is 0.0838. The number of hydrogen-bond acceptors (Lipinski definition) is 2. The number of piperidine rings is 1. The predicted octanol–water partition coefficient (Wildman–Crippen LogP) is 3.19. The smallest absolute Gasteiger partial charge is 0.317 e. The molecule has 0 aromatic heterocycles. The second-order valence-electron chi connectivity index (χ2n) is 4.15. The van der Waals surface area contributed by atoms with Crippen LogP contribution in [0.4, 0.5) is 10.5 Å². The molecule has 2 rings (SSSR count). The fourth-order valence-corrected chi connectivity index (χ4v) is 2.37. The number of benzene rings is 1. The second-order valence-corrected chi connectivity index (χ2v) is 5.02. The number of urea groups is 1. The third-order valence-corrected chi connectivity index (χ3v) is 3.09. The van der Waals surface area contributed by atoms with Crippen LogP contribution in [0.25, 0.3) is 0 Å². The Morgan fingerprint density at radius 1 is 1.22 bits per heavy atom. The van der Waals surface area contributed by atoms with Gasteiger partial charge in [-0.15, -0.1) is 0 Å². The topological polar surface area (TPSA) is 49.4 Å². The van der Waals surface area contributed by atoms with Crippen LogP contribution in [0.15, 0.2) is 18.2 Å². The largest absolute Gasteiger partial charge is 0.322 e. The molecule has 1 fully saturated rings. The normalized spacial score (nSPS) is 15.7. The lowest BCUT2D eigenvalue weighted by Gasteiger charge is -2.26. The average Bonchev–Trinajstić information content (AvgIpc) is 2.27. The molecule has 1 N–H and O–H groups in total. The molecule has 1 aliphatic rings. The van der Waals surface area contributed by atoms with E-state index in [0.29, 0.717) is 35.1 Å². The van der Waals surface area contributed by atoms with E-state index >= 15 is 0 Å². The zero-order valence-electron chi connectivity index (χ0n) is 9.58. The van der Waals surface area contributed by atoms with Crippen molar-refractivity contribution in [1.82, 2.24) is 4.90 Å². The Labute approximate surface area is 115 Å². The lowest BCUT2D eigenvalue weighted by molar-refractivity contribution is -0.121. The SMILES string of the molecule is O=C1CCCN(C(=O)Nc2cc(Cl)cc(Cl)c2)C1. The minimum Gasteiger partial charge on any atom is -0.317 e. The van der Waals surface area contributed by atoms with Crippen LogP contribution >= 0.6 is 23.2 Å². The van der Waals surface area contributed by atoms with Crippen molar-refractivity contribution in [3.8, 4) is 0 Å². The summed E-state index contributed by atoms with van der Waals surface area (Å²) in [5.41, 5.74) is 0.524. The third-order valence-electron chi connectivity index (χ3n) is 2.65. The molecular weight excluding hydrogens is 275 g/mol. The summed E-state index contributed by atoms with van der Waals surface area (Å²) in [5.74, 6) is 0.0838. The number of anilines is 1. The van der Waals surface area contributed by atoms with E-state index in [1.165, 1.54) is 4.90 Å². The molecule has 0 aliphatic carbocycles. The Bertz CT molecular complexity index is 471. The van der Waals surface area contributed by atoms with Crippen LogP contribution in [0, 0.1) is 0 Å². The number of nitrogens with zero attached hydrogens (tertiary/aromatic N) is 1. The Balaban J connectivity index is 2.04. The van der Waals surface area contributed by atoms with Crippen LogP contribution < -0.4 is 5.32 Å². The van der Waals surface area contributed by atoms with Crippen molar-refractivity contribution >= 4 is 40.7 Å². The number of nitrogens with one attached hydrogen (secondary N) is 1. The highest BCUT2D eigenvalue weighted by molar-refractivity contribution is 6.35. The zero-order chi connectivity index (χ0) is 13.1. The Morgan fingerprint density at radius 3 is 2.50 bits per heavy atom. The van der Waals surface area contributed by atoms with Gasteiger partial charge in [0.25, 0.3) is 0 Å². The maximum Gasteiger partial charge on any atom is 0.322 e. The molecular formula is C12H12Cl2N2O2. The highest BCUT2D eigenvalue weighted by Crippen LogP contribution is 2.22. The highest BCUT2D eigenvalue weighted by Gasteiger charge is 2.21. The first-order valence-electron chi connectivity index (χ1n) is 5.58. The van der Waals surface area contributed by atoms with Gasteiger partial charge in [0.05, 0.1) is 6.54 Å². The maximum atomic E-state index is 11.9. The van der Waals surface area contributed by atoms with Crippen molar-refractivity contribution < 1.29 is 9.59 Å². The van der Waals surface area contributed by atoms with Crippen molar-refractivity contribution in [2.45, 2.75) is 12.8 Å². The van der Waals surface area contributed by atoms with Crippen LogP contribution in [0.1, 0.15) is 12.8 Å². The number of ketones is 1. The summed E-state index contributed by atoms with van der Waals surface area (Å²) in [6, 6.07) is 4.50. The molecule has 1 heterocycles. The highest BCUT2D eigenvalue weighted by atomic mass is 35.5. The van der Waals surface area contributed by atoms with Crippen molar-refractivity contribution in [1.29, 1.82) is 0 Å². The van der Waals surface area contributed by atoms with E-state index in [1.807, 2.05) is 0 Å². The molecule has 0 saturated carbocycles. The minimum atomic E-state index is -0.304. The van der Waals surface area contributed by atoms with Crippen molar-refractivity contribution in [2.24, 2.45) is 0 Å². The second kappa shape index (κ2) is 5.59. The first kappa shape index (κ1) is 13.2. The first-order chi connectivity index (χ1) is 8.54. The monoisotopic (exact) mass is 286 g/mol. The molecule has 1 aliphatic heterocycles. The van der Waals surface area contributed by atoms with E-state index in [9.17, 15) is 9.59 Å². The number of Topliss-reactive ketones (excluding diaryl/α,β-unsaturated/α-hetero) is 1. The summed E-state index contributed by atoms with van der Waals surface area (Å²) in [7, 11) is 0. The summed E-state index contributed by atoms with van der Waals surface area (Å²) in [5, 5.41) is 3.58. The van der Waals surface area contributed by atoms with E-state index in [-0.39, 0.29) is 18.4 Å². The number of rotatable bonds is 1. The van der Waals surface area contributed by atoms with Crippen LogP contribution in [0.5, 0.6) is 0 Å². The fourth-order valence-electron chi connectivity index (χ4n) is 1.84. The molecule has 96 valence electrons. The number of carbonyl (C=O) groups is 2. The third kappa shape index (κ3) is 3.37. The van der Waals surface area contributed by atoms with Gasteiger partial charge < -0.3 is 10.2 Å². The molecule has 4 nitrogen and oxygen atoms in total. The van der Waals surface area contributed by atoms with Gasteiger partial charge >= 0.3 is 6.03 Å². The molecule has 0 spiro atoms. The average molecular weight is 287 g/mol. The lowest BCUT2D eigenvalue weighted by atomic mass is 10.1. The van der Waals surface area contributed by atoms with Crippen LogP contribution in [0.3, 0.4) is 0 Å². The first-order valence-corrected chi connectivity index (χ1v) is 6.34. The van der Waals surface area contributed by atoms with E-state index < -0.39 is 0 Å². The molecule has 0 radical (unpaired) electrons. The van der Waals surface area contributed by atoms with Gasteiger partial charge in [-0.05, 0) is 24.6 Å². The molecule has 6 heteroatoms. The number of likely N-dealkylation sites (tertiary alicyclic amines) is 1. The van der Waals surface area contributed by atoms with Crippen molar-refractivity contribution in [2.75, 3.05) is 18.4 Å². The molecule has 0 unspecified atom stereocenters. The Kier molecular flexibility index (Phi) is 4.09. The quantitative estimate of drug-likeness (QED) is 0.862.